The number of hydroxylamine groups is 1. The molecule has 1 unspecified atom stereocenters. The summed E-state index contributed by atoms with van der Waals surface area (Å²) in [6.45, 7) is 1.33. The molecule has 1 rings (SSSR count). The first-order chi connectivity index (χ1) is 8.00. The average Bonchev–Trinajstić information content (AvgIpc) is 2.27. The molecule has 1 fully saturated rings. The second-order valence-corrected chi connectivity index (χ2v) is 4.26. The summed E-state index contributed by atoms with van der Waals surface area (Å²) >= 11 is 0. The van der Waals surface area contributed by atoms with Crippen LogP contribution in [0.1, 0.15) is 12.8 Å². The second-order valence-electron chi connectivity index (χ2n) is 4.26. The van der Waals surface area contributed by atoms with E-state index in [0.29, 0.717) is 0 Å². The third kappa shape index (κ3) is 4.58. The van der Waals surface area contributed by atoms with Crippen LogP contribution in [0, 0.1) is 0 Å². The molecule has 7 nitrogen and oxygen atoms in total. The highest BCUT2D eigenvalue weighted by Crippen LogP contribution is 2.13. The molecule has 0 spiro atoms. The van der Waals surface area contributed by atoms with Crippen molar-refractivity contribution >= 4 is 12.0 Å². The number of carboxylic acids is 1. The Morgan fingerprint density at radius 3 is 2.88 bits per heavy atom. The van der Waals surface area contributed by atoms with Crippen molar-refractivity contribution in [1.29, 1.82) is 0 Å². The van der Waals surface area contributed by atoms with Gasteiger partial charge in [0.25, 0.3) is 0 Å². The number of carbonyl (C=O) groups excluding carboxylic acids is 1. The van der Waals surface area contributed by atoms with E-state index < -0.39 is 18.6 Å². The third-order valence-corrected chi connectivity index (χ3v) is 2.82. The Labute approximate surface area is 100 Å². The van der Waals surface area contributed by atoms with Crippen LogP contribution in [0.4, 0.5) is 4.79 Å². The number of hydrogen-bond donors (Lipinski definition) is 2. The Morgan fingerprint density at radius 1 is 1.59 bits per heavy atom. The first-order valence-electron chi connectivity index (χ1n) is 5.55. The highest BCUT2D eigenvalue weighted by Gasteiger charge is 2.24. The van der Waals surface area contributed by atoms with Gasteiger partial charge in [-0.2, -0.15) is 0 Å². The first-order valence-corrected chi connectivity index (χ1v) is 5.55. The molecule has 98 valence electrons. The van der Waals surface area contributed by atoms with E-state index >= 15 is 0 Å². The lowest BCUT2D eigenvalue weighted by Gasteiger charge is -2.35. The summed E-state index contributed by atoms with van der Waals surface area (Å²) < 4.78 is 0. The van der Waals surface area contributed by atoms with Crippen LogP contribution in [0.2, 0.25) is 0 Å². The van der Waals surface area contributed by atoms with E-state index in [2.05, 4.69) is 15.2 Å². The van der Waals surface area contributed by atoms with Gasteiger partial charge in [-0.25, -0.2) is 15.1 Å². The third-order valence-electron chi connectivity index (χ3n) is 2.82. The van der Waals surface area contributed by atoms with Crippen LogP contribution in [0.25, 0.3) is 0 Å². The quantitative estimate of drug-likeness (QED) is 0.667. The van der Waals surface area contributed by atoms with E-state index in [0.717, 1.165) is 25.9 Å². The van der Waals surface area contributed by atoms with Crippen molar-refractivity contribution in [2.45, 2.75) is 18.9 Å². The van der Waals surface area contributed by atoms with Crippen LogP contribution in [0.3, 0.4) is 0 Å². The van der Waals surface area contributed by atoms with Gasteiger partial charge in [-0.05, 0) is 26.4 Å². The van der Waals surface area contributed by atoms with E-state index in [-0.39, 0.29) is 6.04 Å². The van der Waals surface area contributed by atoms with Gasteiger partial charge < -0.3 is 14.9 Å². The maximum atomic E-state index is 11.6. The molecule has 0 saturated carbocycles. The minimum absolute atomic E-state index is 0.141. The Balaban J connectivity index is 2.32. The van der Waals surface area contributed by atoms with Gasteiger partial charge in [0.2, 0.25) is 0 Å². The number of likely N-dealkylation sites (tertiary alicyclic amines) is 1. The molecule has 7 heteroatoms. The lowest BCUT2D eigenvalue weighted by Crippen LogP contribution is -2.50. The summed E-state index contributed by atoms with van der Waals surface area (Å²) in [6.07, 6.45) is 2.00. The largest absolute Gasteiger partial charge is 0.479 e. The summed E-state index contributed by atoms with van der Waals surface area (Å²) in [6, 6.07) is -0.270. The number of carbonyl (C=O) groups is 2. The number of piperidine rings is 1. The van der Waals surface area contributed by atoms with Crippen molar-refractivity contribution in [3.8, 4) is 0 Å². The normalized spacial score (nSPS) is 20.9. The number of rotatable bonds is 4. The molecule has 1 atom stereocenters. The number of urea groups is 1. The Morgan fingerprint density at radius 2 is 2.29 bits per heavy atom. The number of likely N-dealkylation sites (N-methyl/N-ethyl adjacent to an activating group) is 2. The molecule has 1 aliphatic heterocycles. The summed E-state index contributed by atoms with van der Waals surface area (Å²) in [5, 5.41) is 8.35. The van der Waals surface area contributed by atoms with Crippen LogP contribution >= 0.6 is 0 Å². The van der Waals surface area contributed by atoms with Crippen molar-refractivity contribution < 1.29 is 19.5 Å². The van der Waals surface area contributed by atoms with Gasteiger partial charge >= 0.3 is 12.0 Å². The van der Waals surface area contributed by atoms with Crippen molar-refractivity contribution in [2.24, 2.45) is 0 Å². The fourth-order valence-corrected chi connectivity index (χ4v) is 1.85. The van der Waals surface area contributed by atoms with E-state index in [4.69, 9.17) is 5.11 Å². The van der Waals surface area contributed by atoms with Crippen molar-refractivity contribution in [2.75, 3.05) is 33.8 Å². The standard InChI is InChI=1S/C10H19N3O4/c1-12-5-3-4-8(6-12)13(2)10(16)11-17-7-9(14)15/h8H,3-7H2,1-2H3,(H,11,16)(H,14,15). The smallest absolute Gasteiger partial charge is 0.341 e. The molecule has 0 aliphatic carbocycles. The molecule has 2 N–H and O–H groups in total. The van der Waals surface area contributed by atoms with E-state index in [1.807, 2.05) is 7.05 Å². The number of amides is 2. The van der Waals surface area contributed by atoms with Crippen molar-refractivity contribution in [1.82, 2.24) is 15.3 Å². The van der Waals surface area contributed by atoms with Crippen LogP contribution in [-0.2, 0) is 9.63 Å². The average molecular weight is 245 g/mol. The Kier molecular flexibility index (Phi) is 5.17. The van der Waals surface area contributed by atoms with Gasteiger partial charge in [-0.1, -0.05) is 0 Å². The fraction of sp³-hybridized carbons (Fsp3) is 0.800. The number of carboxylic acid groups (broad SMARTS) is 1. The Hall–Kier alpha value is -1.34. The highest BCUT2D eigenvalue weighted by molar-refractivity contribution is 5.73. The molecule has 17 heavy (non-hydrogen) atoms. The first kappa shape index (κ1) is 13.7. The van der Waals surface area contributed by atoms with Crippen molar-refractivity contribution in [3.05, 3.63) is 0 Å². The summed E-state index contributed by atoms with van der Waals surface area (Å²) in [5.74, 6) is -1.12. The van der Waals surface area contributed by atoms with Crippen LogP contribution in [0.5, 0.6) is 0 Å². The maximum absolute atomic E-state index is 11.6. The molecule has 0 aromatic heterocycles. The molecule has 0 bridgehead atoms. The highest BCUT2D eigenvalue weighted by atomic mass is 16.7. The monoisotopic (exact) mass is 245 g/mol. The Bertz CT molecular complexity index is 285. The minimum atomic E-state index is -1.12. The zero-order valence-corrected chi connectivity index (χ0v) is 10.2. The van der Waals surface area contributed by atoms with Gasteiger partial charge in [0.05, 0.1) is 0 Å². The molecule has 1 aliphatic rings. The molecule has 0 radical (unpaired) electrons. The topological polar surface area (TPSA) is 82.1 Å². The predicted molar refractivity (Wildman–Crippen MR) is 60.4 cm³/mol. The maximum Gasteiger partial charge on any atom is 0.341 e. The fourth-order valence-electron chi connectivity index (χ4n) is 1.85. The van der Waals surface area contributed by atoms with E-state index in [1.165, 1.54) is 0 Å². The summed E-state index contributed by atoms with van der Waals surface area (Å²) in [4.78, 5) is 30.1. The summed E-state index contributed by atoms with van der Waals surface area (Å²) in [7, 11) is 3.70. The second kappa shape index (κ2) is 6.41. The number of aliphatic carboxylic acids is 1. The van der Waals surface area contributed by atoms with Crippen LogP contribution in [0.15, 0.2) is 0 Å². The number of hydrogen-bond acceptors (Lipinski definition) is 4. The van der Waals surface area contributed by atoms with Gasteiger partial charge in [0.15, 0.2) is 6.61 Å². The van der Waals surface area contributed by atoms with E-state index in [1.54, 1.807) is 11.9 Å². The minimum Gasteiger partial charge on any atom is -0.479 e. The summed E-state index contributed by atoms with van der Waals surface area (Å²) in [5.41, 5.74) is 2.11. The molecular weight excluding hydrogens is 226 g/mol. The lowest BCUT2D eigenvalue weighted by atomic mass is 10.1. The molecule has 1 saturated heterocycles. The predicted octanol–water partition coefficient (Wildman–Crippen LogP) is -0.262. The molecule has 1 heterocycles. The van der Waals surface area contributed by atoms with Gasteiger partial charge in [0, 0.05) is 19.6 Å². The lowest BCUT2D eigenvalue weighted by molar-refractivity contribution is -0.144. The molecule has 2 amide bonds. The molecule has 0 aromatic carbocycles. The number of nitrogens with zero attached hydrogens (tertiary/aromatic N) is 2. The van der Waals surface area contributed by atoms with Crippen molar-refractivity contribution in [3.63, 3.8) is 0 Å². The zero-order chi connectivity index (χ0) is 12.8. The van der Waals surface area contributed by atoms with Gasteiger partial charge in [0.1, 0.15) is 0 Å². The SMILES string of the molecule is CN1CCCC(N(C)C(=O)NOCC(=O)O)C1. The van der Waals surface area contributed by atoms with Crippen LogP contribution in [-0.4, -0.2) is 66.7 Å². The molecule has 0 aromatic rings. The van der Waals surface area contributed by atoms with Gasteiger partial charge in [-0.15, -0.1) is 0 Å². The number of nitrogens with one attached hydrogen (secondary N) is 1. The van der Waals surface area contributed by atoms with E-state index in [9.17, 15) is 9.59 Å². The van der Waals surface area contributed by atoms with Gasteiger partial charge in [-0.3, -0.25) is 4.84 Å². The van der Waals surface area contributed by atoms with Crippen LogP contribution < -0.4 is 5.48 Å². The molecular formula is C10H19N3O4. The zero-order valence-electron chi connectivity index (χ0n) is 10.2.